The van der Waals surface area contributed by atoms with Crippen molar-refractivity contribution >= 4 is 40.8 Å². The summed E-state index contributed by atoms with van der Waals surface area (Å²) in [4.78, 5) is -0.0774. The molecular weight excluding hydrogens is 424 g/mol. The largest absolute Gasteiger partial charge is 0.416 e. The molecule has 0 aliphatic heterocycles. The molecule has 1 aromatic carbocycles. The number of anilines is 1. The van der Waals surface area contributed by atoms with Crippen molar-refractivity contribution in [1.82, 2.24) is 9.78 Å². The van der Waals surface area contributed by atoms with Crippen LogP contribution in [0.1, 0.15) is 18.2 Å². The van der Waals surface area contributed by atoms with Crippen LogP contribution in [-0.4, -0.2) is 22.1 Å². The molecule has 0 amide bonds. The van der Waals surface area contributed by atoms with Crippen molar-refractivity contribution in [1.29, 1.82) is 0 Å². The number of benzene rings is 1. The average Bonchev–Trinajstić information content (AvgIpc) is 2.74. The lowest BCUT2D eigenvalue weighted by Crippen LogP contribution is -2.09. The second kappa shape index (κ2) is 7.41. The van der Waals surface area contributed by atoms with Crippen LogP contribution in [0.2, 0.25) is 10.0 Å². The van der Waals surface area contributed by atoms with Crippen molar-refractivity contribution in [2.45, 2.75) is 29.9 Å². The number of methoxy groups -OCH3 is 1. The highest BCUT2D eigenvalue weighted by atomic mass is 35.5. The molecule has 0 radical (unpaired) electrons. The maximum atomic E-state index is 13.4. The topological polar surface area (TPSA) is 53.1 Å². The third-order valence-corrected chi connectivity index (χ3v) is 4.65. The third-order valence-electron chi connectivity index (χ3n) is 3.06. The van der Waals surface area contributed by atoms with E-state index in [1.807, 2.05) is 0 Å². The van der Waals surface area contributed by atoms with E-state index in [9.17, 15) is 22.0 Å². The Balaban J connectivity index is 2.64. The smallest absolute Gasteiger partial charge is 0.383 e. The number of aromatic nitrogens is 2. The Morgan fingerprint density at radius 2 is 1.73 bits per heavy atom. The summed E-state index contributed by atoms with van der Waals surface area (Å²) in [6.07, 6.45) is -4.66. The monoisotopic (exact) mass is 435 g/mol. The van der Waals surface area contributed by atoms with Gasteiger partial charge in [-0.05, 0) is 23.9 Å². The SMILES string of the molecule is COCc1nn(-c2c(Cl)cc(C(F)(F)F)cc2Cl)c(N)c1SC(C)(F)F. The van der Waals surface area contributed by atoms with Crippen molar-refractivity contribution < 1.29 is 26.7 Å². The number of halogens is 7. The second-order valence-corrected chi connectivity index (χ2v) is 7.35. The number of rotatable bonds is 5. The van der Waals surface area contributed by atoms with Gasteiger partial charge in [-0.1, -0.05) is 23.2 Å². The van der Waals surface area contributed by atoms with Gasteiger partial charge in [-0.2, -0.15) is 27.1 Å². The predicted octanol–water partition coefficient (Wildman–Crippen LogP) is 5.63. The van der Waals surface area contributed by atoms with Crippen molar-refractivity contribution in [2.75, 3.05) is 12.8 Å². The van der Waals surface area contributed by atoms with Gasteiger partial charge in [0.1, 0.15) is 17.2 Å². The van der Waals surface area contributed by atoms with Crippen LogP contribution in [0.25, 0.3) is 5.69 Å². The molecule has 0 saturated heterocycles. The van der Waals surface area contributed by atoms with Gasteiger partial charge in [-0.3, -0.25) is 0 Å². The van der Waals surface area contributed by atoms with Gasteiger partial charge in [-0.25, -0.2) is 4.68 Å². The van der Waals surface area contributed by atoms with Crippen LogP contribution >= 0.6 is 35.0 Å². The maximum absolute atomic E-state index is 13.4. The zero-order valence-electron chi connectivity index (χ0n) is 13.3. The van der Waals surface area contributed by atoms with E-state index in [-0.39, 0.29) is 50.5 Å². The van der Waals surface area contributed by atoms with Crippen molar-refractivity contribution in [3.8, 4) is 5.69 Å². The summed E-state index contributed by atoms with van der Waals surface area (Å²) in [5.74, 6) is -0.243. The number of thioether (sulfide) groups is 1. The Morgan fingerprint density at radius 3 is 2.15 bits per heavy atom. The molecule has 2 N–H and O–H groups in total. The molecule has 0 bridgehead atoms. The summed E-state index contributed by atoms with van der Waals surface area (Å²) in [6, 6.07) is 1.31. The summed E-state index contributed by atoms with van der Waals surface area (Å²) >= 11 is 12.0. The Labute approximate surface area is 159 Å². The van der Waals surface area contributed by atoms with Crippen molar-refractivity contribution in [3.05, 3.63) is 33.4 Å². The first kappa shape index (κ1) is 21.1. The molecule has 12 heteroatoms. The van der Waals surface area contributed by atoms with E-state index in [0.29, 0.717) is 19.1 Å². The highest BCUT2D eigenvalue weighted by Crippen LogP contribution is 2.43. The normalized spacial score (nSPS) is 12.7. The standard InChI is InChI=1S/C14H12Cl2F5N3OS/c1-13(17,18)26-11-9(5-25-2)23-24(12(11)22)10-7(15)3-6(4-8(10)16)14(19,20)21/h3-4H,5,22H2,1-2H3. The number of nitrogens with zero attached hydrogens (tertiary/aromatic N) is 2. The fourth-order valence-electron chi connectivity index (χ4n) is 2.09. The summed E-state index contributed by atoms with van der Waals surface area (Å²) in [7, 11) is 1.33. The number of nitrogen functional groups attached to an aromatic ring is 1. The number of alkyl halides is 5. The summed E-state index contributed by atoms with van der Waals surface area (Å²) in [6.45, 7) is 0.522. The van der Waals surface area contributed by atoms with Gasteiger partial charge in [-0.15, -0.1) is 0 Å². The molecule has 1 aromatic heterocycles. The Hall–Kier alpha value is -1.23. The Morgan fingerprint density at radius 1 is 1.19 bits per heavy atom. The third kappa shape index (κ3) is 4.54. The van der Waals surface area contributed by atoms with Crippen molar-refractivity contribution in [2.24, 2.45) is 0 Å². The van der Waals surface area contributed by atoms with Gasteiger partial charge in [0.25, 0.3) is 5.25 Å². The summed E-state index contributed by atoms with van der Waals surface area (Å²) < 4.78 is 71.2. The van der Waals surface area contributed by atoms with E-state index in [4.69, 9.17) is 33.7 Å². The molecule has 144 valence electrons. The van der Waals surface area contributed by atoms with Gasteiger partial charge in [0.05, 0.1) is 27.1 Å². The molecule has 4 nitrogen and oxygen atoms in total. The second-order valence-electron chi connectivity index (χ2n) is 5.20. The first-order valence-electron chi connectivity index (χ1n) is 6.85. The molecule has 2 aromatic rings. The van der Waals surface area contributed by atoms with Crippen LogP contribution in [-0.2, 0) is 17.5 Å². The van der Waals surface area contributed by atoms with E-state index < -0.39 is 17.0 Å². The van der Waals surface area contributed by atoms with Crippen LogP contribution in [0.3, 0.4) is 0 Å². The fourth-order valence-corrected chi connectivity index (χ4v) is 3.50. The summed E-state index contributed by atoms with van der Waals surface area (Å²) in [5, 5.41) is 0.0887. The zero-order chi connectivity index (χ0) is 19.9. The van der Waals surface area contributed by atoms with Crippen LogP contribution in [0, 0.1) is 0 Å². The van der Waals surface area contributed by atoms with Gasteiger partial charge < -0.3 is 10.5 Å². The van der Waals surface area contributed by atoms with Gasteiger partial charge in [0.15, 0.2) is 0 Å². The lowest BCUT2D eigenvalue weighted by Gasteiger charge is -2.14. The first-order valence-corrected chi connectivity index (χ1v) is 8.42. The maximum Gasteiger partial charge on any atom is 0.416 e. The molecule has 0 fully saturated rings. The predicted molar refractivity (Wildman–Crippen MR) is 90.2 cm³/mol. The minimum absolute atomic E-state index is 0.0727. The highest BCUT2D eigenvalue weighted by Gasteiger charge is 2.34. The number of hydrogen-bond donors (Lipinski definition) is 1. The van der Waals surface area contributed by atoms with Crippen LogP contribution < -0.4 is 5.73 Å². The van der Waals surface area contributed by atoms with E-state index >= 15 is 0 Å². The molecule has 0 spiro atoms. The van der Waals surface area contributed by atoms with Crippen LogP contribution in [0.4, 0.5) is 27.8 Å². The van der Waals surface area contributed by atoms with Gasteiger partial charge in [0.2, 0.25) is 0 Å². The number of hydrogen-bond acceptors (Lipinski definition) is 4. The van der Waals surface area contributed by atoms with Gasteiger partial charge >= 0.3 is 6.18 Å². The molecular formula is C14H12Cl2F5N3OS. The zero-order valence-corrected chi connectivity index (χ0v) is 15.6. The van der Waals surface area contributed by atoms with Crippen LogP contribution in [0.15, 0.2) is 17.0 Å². The Bertz CT molecular complexity index is 797. The molecule has 0 aliphatic carbocycles. The summed E-state index contributed by atoms with van der Waals surface area (Å²) in [5.41, 5.74) is 4.75. The molecule has 1 heterocycles. The minimum Gasteiger partial charge on any atom is -0.383 e. The average molecular weight is 436 g/mol. The van der Waals surface area contributed by atoms with Crippen LogP contribution in [0.5, 0.6) is 0 Å². The van der Waals surface area contributed by atoms with E-state index in [1.165, 1.54) is 7.11 Å². The molecule has 0 atom stereocenters. The fraction of sp³-hybridized carbons (Fsp3) is 0.357. The first-order chi connectivity index (χ1) is 11.8. The minimum atomic E-state index is -4.66. The van der Waals surface area contributed by atoms with E-state index in [0.717, 1.165) is 4.68 Å². The highest BCUT2D eigenvalue weighted by molar-refractivity contribution is 8.00. The van der Waals surface area contributed by atoms with Crippen molar-refractivity contribution in [3.63, 3.8) is 0 Å². The quantitative estimate of drug-likeness (QED) is 0.488. The Kier molecular flexibility index (Phi) is 6.01. The molecule has 2 rings (SSSR count). The molecule has 0 saturated carbocycles. The van der Waals surface area contributed by atoms with Gasteiger partial charge in [0, 0.05) is 14.0 Å². The molecule has 0 unspecified atom stereocenters. The lowest BCUT2D eigenvalue weighted by atomic mass is 10.2. The lowest BCUT2D eigenvalue weighted by molar-refractivity contribution is -0.137. The number of ether oxygens (including phenoxy) is 1. The number of nitrogens with two attached hydrogens (primary N) is 1. The van der Waals surface area contributed by atoms with E-state index in [1.54, 1.807) is 0 Å². The molecule has 26 heavy (non-hydrogen) atoms. The van der Waals surface area contributed by atoms with E-state index in [2.05, 4.69) is 5.10 Å². The molecule has 0 aliphatic rings.